The zero-order valence-electron chi connectivity index (χ0n) is 15.3. The topological polar surface area (TPSA) is 59.4 Å². The van der Waals surface area contributed by atoms with E-state index in [0.29, 0.717) is 11.3 Å². The summed E-state index contributed by atoms with van der Waals surface area (Å²) in [5, 5.41) is 4.33. The molecule has 0 bridgehead atoms. The molecule has 0 spiro atoms. The summed E-state index contributed by atoms with van der Waals surface area (Å²) in [5.41, 5.74) is 6.94. The molecule has 3 aromatic rings. The lowest BCUT2D eigenvalue weighted by Gasteiger charge is -2.15. The number of carbonyl (C=O) groups excluding carboxylic acids is 1. The first-order chi connectivity index (χ1) is 13.2. The average Bonchev–Trinajstić information content (AvgIpc) is 3.28. The second kappa shape index (κ2) is 7.63. The molecule has 0 unspecified atom stereocenters. The van der Waals surface area contributed by atoms with Crippen molar-refractivity contribution in [1.82, 2.24) is 14.8 Å². The van der Waals surface area contributed by atoms with Crippen molar-refractivity contribution >= 4 is 5.91 Å². The number of rotatable bonds is 6. The summed E-state index contributed by atoms with van der Waals surface area (Å²) in [7, 11) is 1.58. The lowest BCUT2D eigenvalue weighted by atomic mass is 10.1. The Hall–Kier alpha value is -3.12. The Balaban J connectivity index is 1.39. The number of benzene rings is 2. The maximum absolute atomic E-state index is 12.5. The standard InChI is InChI=1S/C21H22N4O2/c1-27-19-9-5-8-17(12-19)21(26)23-25-20-15-24(14-18(20)13-22-25)11-10-16-6-3-2-4-7-16/h2-9,12-13H,10-11,14-15H2,1H3,(H,23,26). The summed E-state index contributed by atoms with van der Waals surface area (Å²) in [6.07, 6.45) is 2.85. The van der Waals surface area contributed by atoms with Crippen LogP contribution in [0.2, 0.25) is 0 Å². The van der Waals surface area contributed by atoms with Gasteiger partial charge in [-0.15, -0.1) is 0 Å². The van der Waals surface area contributed by atoms with E-state index >= 15 is 0 Å². The molecule has 6 nitrogen and oxygen atoms in total. The van der Waals surface area contributed by atoms with Gasteiger partial charge >= 0.3 is 0 Å². The van der Waals surface area contributed by atoms with E-state index < -0.39 is 0 Å². The Bertz CT molecular complexity index is 936. The quantitative estimate of drug-likeness (QED) is 0.733. The van der Waals surface area contributed by atoms with Crippen molar-refractivity contribution in [3.05, 3.63) is 83.2 Å². The minimum atomic E-state index is -0.206. The van der Waals surface area contributed by atoms with Crippen LogP contribution >= 0.6 is 0 Å². The van der Waals surface area contributed by atoms with E-state index in [9.17, 15) is 4.79 Å². The van der Waals surface area contributed by atoms with Crippen LogP contribution in [-0.4, -0.2) is 34.4 Å². The SMILES string of the molecule is COc1cccc(C(=O)Nn2ncc3c2CN(CCc2ccccc2)C3)c1. The molecule has 1 aliphatic heterocycles. The zero-order chi connectivity index (χ0) is 18.6. The van der Waals surface area contributed by atoms with Crippen molar-refractivity contribution in [2.45, 2.75) is 19.5 Å². The molecule has 0 aliphatic carbocycles. The van der Waals surface area contributed by atoms with Gasteiger partial charge in [0.05, 0.1) is 19.0 Å². The van der Waals surface area contributed by atoms with Crippen LogP contribution in [0.4, 0.5) is 0 Å². The molecule has 2 heterocycles. The molecule has 0 saturated heterocycles. The van der Waals surface area contributed by atoms with E-state index in [-0.39, 0.29) is 5.91 Å². The predicted octanol–water partition coefficient (Wildman–Crippen LogP) is 2.83. The maximum Gasteiger partial charge on any atom is 0.271 e. The number of hydrogen-bond acceptors (Lipinski definition) is 4. The largest absolute Gasteiger partial charge is 0.497 e. The van der Waals surface area contributed by atoms with Crippen LogP contribution in [0.1, 0.15) is 27.2 Å². The number of carbonyl (C=O) groups is 1. The Morgan fingerprint density at radius 2 is 2.00 bits per heavy atom. The normalized spacial score (nSPS) is 13.4. The highest BCUT2D eigenvalue weighted by atomic mass is 16.5. The fourth-order valence-corrected chi connectivity index (χ4v) is 3.33. The summed E-state index contributed by atoms with van der Waals surface area (Å²) in [4.78, 5) is 16.5. The molecule has 6 heteroatoms. The summed E-state index contributed by atoms with van der Waals surface area (Å²) in [5.74, 6) is 0.447. The van der Waals surface area contributed by atoms with E-state index in [1.54, 1.807) is 30.1 Å². The zero-order valence-corrected chi connectivity index (χ0v) is 15.3. The third kappa shape index (κ3) is 3.85. The maximum atomic E-state index is 12.5. The molecule has 0 saturated carbocycles. The summed E-state index contributed by atoms with van der Waals surface area (Å²) in [6, 6.07) is 17.6. The summed E-state index contributed by atoms with van der Waals surface area (Å²) < 4.78 is 5.18. The van der Waals surface area contributed by atoms with Crippen molar-refractivity contribution in [2.75, 3.05) is 19.1 Å². The second-order valence-electron chi connectivity index (χ2n) is 6.65. The van der Waals surface area contributed by atoms with Crippen LogP contribution in [0.5, 0.6) is 5.75 Å². The van der Waals surface area contributed by atoms with E-state index in [1.807, 2.05) is 18.3 Å². The number of ether oxygens (including phenoxy) is 1. The fraction of sp³-hybridized carbons (Fsp3) is 0.238. The highest BCUT2D eigenvalue weighted by molar-refractivity contribution is 6.00. The van der Waals surface area contributed by atoms with Gasteiger partial charge in [-0.05, 0) is 30.2 Å². The monoisotopic (exact) mass is 362 g/mol. The van der Waals surface area contributed by atoms with Crippen molar-refractivity contribution in [2.24, 2.45) is 0 Å². The first kappa shape index (κ1) is 17.3. The average molecular weight is 362 g/mol. The molecule has 0 atom stereocenters. The number of nitrogens with one attached hydrogen (secondary N) is 1. The van der Waals surface area contributed by atoms with Crippen LogP contribution in [0, 0.1) is 0 Å². The molecule has 1 aliphatic rings. The Labute approximate surface area is 158 Å². The number of nitrogens with zero attached hydrogens (tertiary/aromatic N) is 3. The number of aromatic nitrogens is 2. The molecule has 0 fully saturated rings. The van der Waals surface area contributed by atoms with Crippen LogP contribution in [0.3, 0.4) is 0 Å². The van der Waals surface area contributed by atoms with Gasteiger partial charge in [-0.25, -0.2) is 5.43 Å². The number of methoxy groups -OCH3 is 1. The van der Waals surface area contributed by atoms with Gasteiger partial charge in [-0.2, -0.15) is 9.89 Å². The second-order valence-corrected chi connectivity index (χ2v) is 6.65. The Morgan fingerprint density at radius 3 is 2.81 bits per heavy atom. The van der Waals surface area contributed by atoms with Crippen molar-refractivity contribution in [1.29, 1.82) is 0 Å². The third-order valence-electron chi connectivity index (χ3n) is 4.82. The molecular formula is C21H22N4O2. The van der Waals surface area contributed by atoms with Gasteiger partial charge in [-0.1, -0.05) is 36.4 Å². The first-order valence-corrected chi connectivity index (χ1v) is 9.00. The number of hydrogen-bond donors (Lipinski definition) is 1. The predicted molar refractivity (Wildman–Crippen MR) is 103 cm³/mol. The highest BCUT2D eigenvalue weighted by Crippen LogP contribution is 2.22. The van der Waals surface area contributed by atoms with Gasteiger partial charge in [0, 0.05) is 30.8 Å². The van der Waals surface area contributed by atoms with Crippen molar-refractivity contribution < 1.29 is 9.53 Å². The molecule has 138 valence electrons. The fourth-order valence-electron chi connectivity index (χ4n) is 3.33. The van der Waals surface area contributed by atoms with Crippen LogP contribution < -0.4 is 10.2 Å². The van der Waals surface area contributed by atoms with Gasteiger partial charge in [-0.3, -0.25) is 9.69 Å². The van der Waals surface area contributed by atoms with E-state index in [0.717, 1.165) is 37.3 Å². The van der Waals surface area contributed by atoms with Gasteiger partial charge in [0.1, 0.15) is 5.75 Å². The van der Waals surface area contributed by atoms with E-state index in [4.69, 9.17) is 4.74 Å². The summed E-state index contributed by atoms with van der Waals surface area (Å²) >= 11 is 0. The lowest BCUT2D eigenvalue weighted by Crippen LogP contribution is -2.27. The van der Waals surface area contributed by atoms with Gasteiger partial charge < -0.3 is 4.74 Å². The van der Waals surface area contributed by atoms with Gasteiger partial charge in [0.2, 0.25) is 0 Å². The first-order valence-electron chi connectivity index (χ1n) is 9.00. The Kier molecular flexibility index (Phi) is 4.89. The van der Waals surface area contributed by atoms with Crippen molar-refractivity contribution in [3.63, 3.8) is 0 Å². The van der Waals surface area contributed by atoms with E-state index in [2.05, 4.69) is 39.7 Å². The minimum Gasteiger partial charge on any atom is -0.497 e. The molecule has 27 heavy (non-hydrogen) atoms. The van der Waals surface area contributed by atoms with Crippen LogP contribution in [0.25, 0.3) is 0 Å². The van der Waals surface area contributed by atoms with E-state index in [1.165, 1.54) is 5.56 Å². The summed E-state index contributed by atoms with van der Waals surface area (Å²) in [6.45, 7) is 2.61. The number of amides is 1. The van der Waals surface area contributed by atoms with Gasteiger partial charge in [0.15, 0.2) is 0 Å². The molecule has 4 rings (SSSR count). The Morgan fingerprint density at radius 1 is 1.15 bits per heavy atom. The molecule has 0 radical (unpaired) electrons. The minimum absolute atomic E-state index is 0.206. The van der Waals surface area contributed by atoms with Crippen LogP contribution in [0.15, 0.2) is 60.8 Å². The lowest BCUT2D eigenvalue weighted by molar-refractivity contribution is 0.100. The number of fused-ring (bicyclic) bond motifs is 1. The molecule has 1 amide bonds. The van der Waals surface area contributed by atoms with Crippen LogP contribution in [-0.2, 0) is 19.5 Å². The highest BCUT2D eigenvalue weighted by Gasteiger charge is 2.24. The molecule has 1 N–H and O–H groups in total. The van der Waals surface area contributed by atoms with Gasteiger partial charge in [0.25, 0.3) is 5.91 Å². The molecule has 1 aromatic heterocycles. The smallest absolute Gasteiger partial charge is 0.271 e. The molecule has 2 aromatic carbocycles. The third-order valence-corrected chi connectivity index (χ3v) is 4.82. The van der Waals surface area contributed by atoms with Crippen molar-refractivity contribution in [3.8, 4) is 5.75 Å². The molecular weight excluding hydrogens is 340 g/mol.